The number of nitrogens with one attached hydrogen (secondary N) is 1. The molecule has 0 aliphatic carbocycles. The Kier molecular flexibility index (Phi) is 6.20. The topological polar surface area (TPSA) is 62.5 Å². The average molecular weight is 354 g/mol. The van der Waals surface area contributed by atoms with Gasteiger partial charge in [0.2, 0.25) is 0 Å². The molecule has 3 rings (SSSR count). The van der Waals surface area contributed by atoms with Crippen LogP contribution in [0.3, 0.4) is 0 Å². The van der Waals surface area contributed by atoms with Crippen LogP contribution in [0, 0.1) is 5.21 Å². The van der Waals surface area contributed by atoms with E-state index in [9.17, 15) is 10.0 Å². The van der Waals surface area contributed by atoms with Crippen LogP contribution in [0.25, 0.3) is 0 Å². The van der Waals surface area contributed by atoms with E-state index in [1.165, 1.54) is 30.1 Å². The van der Waals surface area contributed by atoms with E-state index in [4.69, 9.17) is 0 Å². The summed E-state index contributed by atoms with van der Waals surface area (Å²) in [6.45, 7) is 9.32. The van der Waals surface area contributed by atoms with E-state index in [1.807, 2.05) is 0 Å². The minimum absolute atomic E-state index is 0.177. The zero-order valence-corrected chi connectivity index (χ0v) is 15.2. The molecule has 0 saturated carbocycles. The smallest absolute Gasteiger partial charge is 0.252 e. The molecule has 1 aromatic carbocycles. The van der Waals surface area contributed by atoms with Gasteiger partial charge in [0, 0.05) is 51.4 Å². The van der Waals surface area contributed by atoms with Crippen molar-refractivity contribution in [3.63, 3.8) is 0 Å². The number of amides is 1. The molecule has 0 spiro atoms. The Morgan fingerprint density at radius 2 is 1.58 bits per heavy atom. The summed E-state index contributed by atoms with van der Waals surface area (Å²) >= 11 is 0. The third-order valence-corrected chi connectivity index (χ3v) is 4.86. The first-order valence-electron chi connectivity index (χ1n) is 9.13. The molecule has 6 heteroatoms. The minimum Gasteiger partial charge on any atom is -0.619 e. The number of carbonyl (C=O) groups excluding carboxylic acids is 1. The summed E-state index contributed by atoms with van der Waals surface area (Å²) in [6, 6.07) is 11.4. The molecule has 2 aromatic rings. The van der Waals surface area contributed by atoms with Crippen LogP contribution in [-0.4, -0.2) is 48.4 Å². The molecule has 0 unspecified atom stereocenters. The average Bonchev–Trinajstić information content (AvgIpc) is 2.68. The first kappa shape index (κ1) is 18.4. The molecular formula is C20H26N4O2. The lowest BCUT2D eigenvalue weighted by atomic mass is 10.1. The Morgan fingerprint density at radius 1 is 1.00 bits per heavy atom. The van der Waals surface area contributed by atoms with Gasteiger partial charge in [-0.3, -0.25) is 9.69 Å². The van der Waals surface area contributed by atoms with Gasteiger partial charge in [-0.05, 0) is 17.7 Å². The highest BCUT2D eigenvalue weighted by molar-refractivity contribution is 5.93. The summed E-state index contributed by atoms with van der Waals surface area (Å²) in [6.07, 6.45) is 2.65. The third-order valence-electron chi connectivity index (χ3n) is 4.86. The molecule has 0 bridgehead atoms. The molecule has 138 valence electrons. The fraction of sp³-hybridized carbons (Fsp3) is 0.400. The number of aromatic nitrogens is 1. The minimum atomic E-state index is -0.177. The number of piperazine rings is 1. The molecule has 1 aliphatic heterocycles. The van der Waals surface area contributed by atoms with E-state index in [0.717, 1.165) is 44.8 Å². The van der Waals surface area contributed by atoms with Crippen LogP contribution >= 0.6 is 0 Å². The highest BCUT2D eigenvalue weighted by Gasteiger charge is 2.15. The Bertz CT molecular complexity index is 708. The van der Waals surface area contributed by atoms with Gasteiger partial charge in [-0.2, -0.15) is 4.73 Å². The van der Waals surface area contributed by atoms with Crippen molar-refractivity contribution in [2.45, 2.75) is 20.0 Å². The summed E-state index contributed by atoms with van der Waals surface area (Å²) < 4.78 is 0.664. The first-order valence-corrected chi connectivity index (χ1v) is 9.13. The first-order chi connectivity index (χ1) is 12.6. The van der Waals surface area contributed by atoms with Gasteiger partial charge >= 0.3 is 0 Å². The Labute approximate surface area is 154 Å². The van der Waals surface area contributed by atoms with Gasteiger partial charge in [-0.15, -0.1) is 0 Å². The van der Waals surface area contributed by atoms with Crippen LogP contribution in [0.4, 0.5) is 0 Å². The van der Waals surface area contributed by atoms with E-state index < -0.39 is 0 Å². The highest BCUT2D eigenvalue weighted by atomic mass is 16.5. The quantitative estimate of drug-likeness (QED) is 0.629. The van der Waals surface area contributed by atoms with Crippen molar-refractivity contribution in [2.75, 3.05) is 32.7 Å². The van der Waals surface area contributed by atoms with Gasteiger partial charge in [0.25, 0.3) is 5.91 Å². The number of hydrogen-bond donors (Lipinski definition) is 1. The number of rotatable bonds is 6. The van der Waals surface area contributed by atoms with Gasteiger partial charge in [0.15, 0.2) is 12.4 Å². The van der Waals surface area contributed by atoms with Crippen LogP contribution in [0.5, 0.6) is 0 Å². The van der Waals surface area contributed by atoms with Crippen LogP contribution in [0.1, 0.15) is 28.4 Å². The second-order valence-electron chi connectivity index (χ2n) is 6.66. The Morgan fingerprint density at radius 3 is 2.19 bits per heavy atom. The molecule has 26 heavy (non-hydrogen) atoms. The normalized spacial score (nSPS) is 15.7. The van der Waals surface area contributed by atoms with E-state index in [2.05, 4.69) is 46.3 Å². The third kappa shape index (κ3) is 5.03. The van der Waals surface area contributed by atoms with Crippen molar-refractivity contribution in [1.29, 1.82) is 0 Å². The number of benzene rings is 1. The summed E-state index contributed by atoms with van der Waals surface area (Å²) in [7, 11) is 0. The van der Waals surface area contributed by atoms with E-state index >= 15 is 0 Å². The van der Waals surface area contributed by atoms with Crippen LogP contribution in [0.15, 0.2) is 48.8 Å². The number of hydrogen-bond acceptors (Lipinski definition) is 4. The molecule has 1 aromatic heterocycles. The van der Waals surface area contributed by atoms with Gasteiger partial charge in [0.1, 0.15) is 0 Å². The molecule has 1 amide bonds. The number of likely N-dealkylation sites (N-methyl/N-ethyl adjacent to an activating group) is 1. The van der Waals surface area contributed by atoms with Crippen molar-refractivity contribution in [2.24, 2.45) is 0 Å². The van der Waals surface area contributed by atoms with Crippen molar-refractivity contribution in [3.8, 4) is 0 Å². The lowest BCUT2D eigenvalue weighted by molar-refractivity contribution is -0.605. The molecule has 2 heterocycles. The zero-order chi connectivity index (χ0) is 18.4. The van der Waals surface area contributed by atoms with E-state index in [1.54, 1.807) is 0 Å². The maximum Gasteiger partial charge on any atom is 0.252 e. The Hall–Kier alpha value is -2.44. The van der Waals surface area contributed by atoms with Crippen LogP contribution in [0.2, 0.25) is 0 Å². The molecule has 6 nitrogen and oxygen atoms in total. The summed E-state index contributed by atoms with van der Waals surface area (Å²) in [5, 5.41) is 13.9. The van der Waals surface area contributed by atoms with Crippen LogP contribution < -0.4 is 10.0 Å². The largest absolute Gasteiger partial charge is 0.619 e. The van der Waals surface area contributed by atoms with Crippen molar-refractivity contribution in [3.05, 3.63) is 70.7 Å². The highest BCUT2D eigenvalue weighted by Crippen LogP contribution is 2.10. The molecule has 1 saturated heterocycles. The summed E-state index contributed by atoms with van der Waals surface area (Å²) in [5.41, 5.74) is 2.85. The van der Waals surface area contributed by atoms with Gasteiger partial charge < -0.3 is 15.4 Å². The van der Waals surface area contributed by atoms with E-state index in [-0.39, 0.29) is 5.91 Å². The number of carbonyl (C=O) groups is 1. The standard InChI is InChI=1S/C20H26N4O2/c1-2-22-11-13-23(14-12-22)16-18-5-3-17(4-6-18)15-21-20(25)19-7-9-24(26)10-8-19/h3-10H,2,11-16H2,1H3,(H,21,25). The predicted octanol–water partition coefficient (Wildman–Crippen LogP) is 1.39. The van der Waals surface area contributed by atoms with E-state index in [0.29, 0.717) is 16.8 Å². The lowest BCUT2D eigenvalue weighted by Gasteiger charge is -2.34. The Balaban J connectivity index is 1.47. The van der Waals surface area contributed by atoms with Crippen LogP contribution in [-0.2, 0) is 13.1 Å². The molecule has 1 aliphatic rings. The lowest BCUT2D eigenvalue weighted by Crippen LogP contribution is -2.45. The zero-order valence-electron chi connectivity index (χ0n) is 15.2. The molecular weight excluding hydrogens is 328 g/mol. The van der Waals surface area contributed by atoms with Gasteiger partial charge in [-0.1, -0.05) is 31.2 Å². The monoisotopic (exact) mass is 354 g/mol. The molecule has 1 fully saturated rings. The number of nitrogens with zero attached hydrogens (tertiary/aromatic N) is 3. The second kappa shape index (κ2) is 8.78. The molecule has 0 atom stereocenters. The molecule has 0 radical (unpaired) electrons. The van der Waals surface area contributed by atoms with Crippen molar-refractivity contribution >= 4 is 5.91 Å². The van der Waals surface area contributed by atoms with Gasteiger partial charge in [-0.25, -0.2) is 0 Å². The summed E-state index contributed by atoms with van der Waals surface area (Å²) in [4.78, 5) is 17.0. The number of pyridine rings is 1. The summed E-state index contributed by atoms with van der Waals surface area (Å²) in [5.74, 6) is -0.177. The fourth-order valence-corrected chi connectivity index (χ4v) is 3.13. The SMILES string of the molecule is CCN1CCN(Cc2ccc(CNC(=O)c3cc[n+]([O-])cc3)cc2)CC1. The predicted molar refractivity (Wildman–Crippen MR) is 100 cm³/mol. The maximum atomic E-state index is 12.1. The fourth-order valence-electron chi connectivity index (χ4n) is 3.13. The van der Waals surface area contributed by atoms with Gasteiger partial charge in [0.05, 0.1) is 5.56 Å². The second-order valence-corrected chi connectivity index (χ2v) is 6.66. The molecule has 1 N–H and O–H groups in total. The maximum absolute atomic E-state index is 12.1. The van der Waals surface area contributed by atoms with Crippen molar-refractivity contribution < 1.29 is 9.52 Å². The van der Waals surface area contributed by atoms with Crippen molar-refractivity contribution in [1.82, 2.24) is 15.1 Å².